The van der Waals surface area contributed by atoms with Crippen molar-refractivity contribution in [2.75, 3.05) is 87.4 Å². The van der Waals surface area contributed by atoms with Crippen LogP contribution < -0.4 is 26.0 Å². The van der Waals surface area contributed by atoms with Crippen molar-refractivity contribution in [3.05, 3.63) is 94.1 Å². The molecule has 7 heterocycles. The van der Waals surface area contributed by atoms with Gasteiger partial charge in [-0.1, -0.05) is 35.9 Å². The number of piperidine rings is 1. The van der Waals surface area contributed by atoms with Gasteiger partial charge >= 0.3 is 12.1 Å². The zero-order valence-corrected chi connectivity index (χ0v) is 52.1. The van der Waals surface area contributed by atoms with Crippen molar-refractivity contribution >= 4 is 111 Å². The SMILES string of the molecule is Cc1cc(Nc2ncc(Cl)c(Nc3ccccc3S(=O)(=O)C(C)C)n2)c(OC(C)C)cc1C1CCN(C(=O)OC(C)OC(=O)[C@@H](N)CC(=O)n2ncc3c(-c4nc(N5CCOCC5)c5sc(CN6CCN(S(C)(=O)=O)CC6)cc5n4)cccc32)CC1. The van der Waals surface area contributed by atoms with E-state index in [2.05, 4.69) is 41.6 Å². The Labute approximate surface area is 508 Å². The number of fused-ring (bicyclic) bond motifs is 2. The number of carbonyl (C=O) groups is 3. The lowest BCUT2D eigenvalue weighted by Crippen LogP contribution is -2.47. The van der Waals surface area contributed by atoms with Gasteiger partial charge in [-0.2, -0.15) is 14.4 Å². The molecule has 86 heavy (non-hydrogen) atoms. The van der Waals surface area contributed by atoms with Gasteiger partial charge in [0.15, 0.2) is 27.3 Å². The molecule has 28 heteroatoms. The molecule has 0 aliphatic carbocycles. The maximum absolute atomic E-state index is 13.8. The number of esters is 1. The Bertz CT molecular complexity index is 3900. The molecule has 3 fully saturated rings. The number of rotatable bonds is 19. The first kappa shape index (κ1) is 62.0. The van der Waals surface area contributed by atoms with Crippen LogP contribution in [-0.2, 0) is 45.4 Å². The standard InChI is InChI=1S/C58H70ClN13O11S3/c1-34(2)81-49-29-41(36(5)27-46(49)65-57-61-32-43(59)54(67-57)63-45-12-8-9-14-50(45)86(78,79)35(3)4)38-15-17-70(18-16-38)58(75)83-37(6)82-56(74)44(60)30-51(73)72-48-13-10-11-40(42(48)31-62-72)53-64-47-28-39(33-68-19-21-71(22-20-68)85(7,76)77)84-52(47)55(66-53)69-23-25-80-26-24-69/h8-14,27-29,31-32,34-35,37-38,44H,15-26,30,33,60H2,1-7H3,(H2,61,63,65,67)/t37?,44-/m0/s1. The first-order chi connectivity index (χ1) is 41.0. The van der Waals surface area contributed by atoms with Crippen LogP contribution in [0.15, 0.2) is 78.0 Å². The molecule has 0 radical (unpaired) electrons. The number of aryl methyl sites for hydroxylation is 1. The number of anilines is 5. The summed E-state index contributed by atoms with van der Waals surface area (Å²) in [7, 11) is -6.89. The van der Waals surface area contributed by atoms with E-state index in [-0.39, 0.29) is 33.7 Å². The number of piperazine rings is 1. The second kappa shape index (κ2) is 26.1. The second-order valence-corrected chi connectivity index (χ2v) is 28.1. The number of sulfonamides is 1. The average Bonchev–Trinajstić information content (AvgIpc) is 1.66. The normalized spacial score (nSPS) is 16.6. The lowest BCUT2D eigenvalue weighted by Gasteiger charge is -2.33. The Hall–Kier alpha value is -7.11. The summed E-state index contributed by atoms with van der Waals surface area (Å²) in [5.74, 6) is 0.715. The van der Waals surface area contributed by atoms with Crippen LogP contribution in [0.4, 0.5) is 33.8 Å². The molecule has 1 amide bonds. The summed E-state index contributed by atoms with van der Waals surface area (Å²) in [5, 5.41) is 10.9. The fourth-order valence-electron chi connectivity index (χ4n) is 10.7. The van der Waals surface area contributed by atoms with E-state index in [1.807, 2.05) is 39.0 Å². The zero-order chi connectivity index (χ0) is 61.2. The van der Waals surface area contributed by atoms with Crippen LogP contribution in [0.1, 0.15) is 80.6 Å². The predicted octanol–water partition coefficient (Wildman–Crippen LogP) is 8.09. The number of nitrogens with one attached hydrogen (secondary N) is 2. The van der Waals surface area contributed by atoms with E-state index in [0.717, 1.165) is 32.0 Å². The van der Waals surface area contributed by atoms with Gasteiger partial charge in [0.05, 0.1) is 81.6 Å². The topological polar surface area (TPSA) is 289 Å². The summed E-state index contributed by atoms with van der Waals surface area (Å²) >= 11 is 8.15. The van der Waals surface area contributed by atoms with Gasteiger partial charge < -0.3 is 45.1 Å². The average molecular weight is 1260 g/mol. The van der Waals surface area contributed by atoms with Gasteiger partial charge in [0.25, 0.3) is 0 Å². The number of amides is 1. The predicted molar refractivity (Wildman–Crippen MR) is 329 cm³/mol. The minimum Gasteiger partial charge on any atom is -0.489 e. The van der Waals surface area contributed by atoms with Gasteiger partial charge in [-0.05, 0) is 101 Å². The molecule has 24 nitrogen and oxygen atoms in total. The van der Waals surface area contributed by atoms with Crippen LogP contribution in [0.2, 0.25) is 5.02 Å². The molecule has 0 spiro atoms. The minimum atomic E-state index is -3.63. The number of hydrogen-bond acceptors (Lipinski definition) is 22. The van der Waals surface area contributed by atoms with Gasteiger partial charge in [0, 0.05) is 81.7 Å². The highest BCUT2D eigenvalue weighted by molar-refractivity contribution is 7.92. The number of likely N-dealkylation sites (tertiary alicyclic amines) is 1. The first-order valence-corrected chi connectivity index (χ1v) is 33.0. The summed E-state index contributed by atoms with van der Waals surface area (Å²) in [5.41, 5.74) is 11.1. The molecule has 2 atom stereocenters. The van der Waals surface area contributed by atoms with E-state index < -0.39 is 61.8 Å². The molecule has 0 bridgehead atoms. The van der Waals surface area contributed by atoms with Crippen molar-refractivity contribution in [1.29, 1.82) is 0 Å². The van der Waals surface area contributed by atoms with Crippen LogP contribution in [0.3, 0.4) is 0 Å². The molecule has 458 valence electrons. The number of nitrogens with two attached hydrogens (primary N) is 1. The summed E-state index contributed by atoms with van der Waals surface area (Å²) in [6.45, 7) is 16.3. The number of aromatic nitrogens is 6. The van der Waals surface area contributed by atoms with Crippen molar-refractivity contribution in [3.8, 4) is 17.1 Å². The number of nitrogens with zero attached hydrogens (tertiary/aromatic N) is 10. The van der Waals surface area contributed by atoms with E-state index in [9.17, 15) is 31.2 Å². The lowest BCUT2D eigenvalue weighted by molar-refractivity contribution is -0.167. The maximum Gasteiger partial charge on any atom is 0.412 e. The number of hydrogen-bond donors (Lipinski definition) is 3. The number of carbonyl (C=O) groups excluding carboxylic acids is 3. The summed E-state index contributed by atoms with van der Waals surface area (Å²) in [6, 6.07) is 16.5. The smallest absolute Gasteiger partial charge is 0.412 e. The Kier molecular flexibility index (Phi) is 18.8. The van der Waals surface area contributed by atoms with Crippen LogP contribution in [0.25, 0.3) is 32.5 Å². The Morgan fingerprint density at radius 1 is 0.849 bits per heavy atom. The van der Waals surface area contributed by atoms with Crippen molar-refractivity contribution in [1.82, 2.24) is 43.8 Å². The van der Waals surface area contributed by atoms with Crippen LogP contribution >= 0.6 is 22.9 Å². The van der Waals surface area contributed by atoms with Crippen molar-refractivity contribution in [2.45, 2.75) is 102 Å². The number of para-hydroxylation sites is 1. The molecule has 7 aromatic rings. The van der Waals surface area contributed by atoms with E-state index in [1.165, 1.54) is 34.4 Å². The number of ether oxygens (including phenoxy) is 4. The van der Waals surface area contributed by atoms with Gasteiger partial charge in [-0.3, -0.25) is 14.5 Å². The molecule has 3 aliphatic rings. The highest BCUT2D eigenvalue weighted by Crippen LogP contribution is 2.40. The van der Waals surface area contributed by atoms with Crippen molar-refractivity contribution < 1.29 is 50.2 Å². The van der Waals surface area contributed by atoms with Gasteiger partial charge in [0.1, 0.15) is 16.8 Å². The highest BCUT2D eigenvalue weighted by Gasteiger charge is 2.32. The molecule has 3 aromatic carbocycles. The number of benzene rings is 3. The molecule has 10 rings (SSSR count). The molecule has 1 unspecified atom stereocenters. The second-order valence-electron chi connectivity index (χ2n) is 22.1. The van der Waals surface area contributed by atoms with Crippen molar-refractivity contribution in [2.24, 2.45) is 5.73 Å². The van der Waals surface area contributed by atoms with E-state index in [0.29, 0.717) is 124 Å². The third-order valence-corrected chi connectivity index (χ3v) is 20.1. The van der Waals surface area contributed by atoms with Crippen LogP contribution in [-0.4, -0.2) is 174 Å². The Morgan fingerprint density at radius 2 is 1.58 bits per heavy atom. The number of thiophene rings is 1. The first-order valence-electron chi connectivity index (χ1n) is 28.4. The molecule has 4 N–H and O–H groups in total. The molecule has 3 aliphatic heterocycles. The number of halogens is 1. The largest absolute Gasteiger partial charge is 0.489 e. The number of sulfone groups is 1. The fraction of sp³-hybridized carbons (Fsp3) is 0.448. The van der Waals surface area contributed by atoms with Gasteiger partial charge in [-0.15, -0.1) is 11.3 Å². The molecular formula is C58H70ClN13O11S3. The lowest BCUT2D eigenvalue weighted by atomic mass is 9.86. The quantitative estimate of drug-likeness (QED) is 0.0509. The van der Waals surface area contributed by atoms with Crippen LogP contribution in [0, 0.1) is 6.92 Å². The van der Waals surface area contributed by atoms with Crippen LogP contribution in [0.5, 0.6) is 5.75 Å². The fourth-order valence-corrected chi connectivity index (χ4v) is 14.0. The zero-order valence-electron chi connectivity index (χ0n) is 48.9. The van der Waals surface area contributed by atoms with E-state index >= 15 is 0 Å². The minimum absolute atomic E-state index is 0.0553. The third-order valence-electron chi connectivity index (χ3n) is 15.2. The molecule has 4 aromatic heterocycles. The monoisotopic (exact) mass is 1260 g/mol. The third kappa shape index (κ3) is 14.0. The molecule has 3 saturated heterocycles. The number of morpholine rings is 1. The summed E-state index contributed by atoms with van der Waals surface area (Å²) < 4.78 is 77.2. The van der Waals surface area contributed by atoms with E-state index in [1.54, 1.807) is 66.6 Å². The molecule has 0 saturated carbocycles. The molecular weight excluding hydrogens is 1190 g/mol. The summed E-state index contributed by atoms with van der Waals surface area (Å²) in [4.78, 5) is 67.0. The van der Waals surface area contributed by atoms with Gasteiger partial charge in [0.2, 0.25) is 28.2 Å². The highest BCUT2D eigenvalue weighted by atomic mass is 35.5. The Balaban J connectivity index is 0.745. The maximum atomic E-state index is 13.8. The van der Waals surface area contributed by atoms with Gasteiger partial charge in [-0.25, -0.2) is 41.3 Å². The van der Waals surface area contributed by atoms with E-state index in [4.69, 9.17) is 46.3 Å². The van der Waals surface area contributed by atoms with Crippen molar-refractivity contribution in [3.63, 3.8) is 0 Å². The Morgan fingerprint density at radius 3 is 2.29 bits per heavy atom. The summed E-state index contributed by atoms with van der Waals surface area (Å²) in [6.07, 6.45) is 2.78.